The van der Waals surface area contributed by atoms with Crippen molar-refractivity contribution in [2.24, 2.45) is 15.8 Å². The van der Waals surface area contributed by atoms with Gasteiger partial charge in [0.1, 0.15) is 0 Å². The Morgan fingerprint density at radius 2 is 1.92 bits per heavy atom. The van der Waals surface area contributed by atoms with Crippen LogP contribution in [0.25, 0.3) is 0 Å². The third-order valence-electron chi connectivity index (χ3n) is 4.97. The lowest BCUT2D eigenvalue weighted by Gasteiger charge is -2.33. The van der Waals surface area contributed by atoms with E-state index in [-0.39, 0.29) is 11.3 Å². The maximum atomic E-state index is 11.9. The number of nitrogens with zero attached hydrogens (tertiary/aromatic N) is 2. The monoisotopic (exact) mass is 338 g/mol. The summed E-state index contributed by atoms with van der Waals surface area (Å²) in [5, 5.41) is 6.36. The molecule has 0 atom stereocenters. The topological polar surface area (TPSA) is 66.0 Å². The highest BCUT2D eigenvalue weighted by molar-refractivity contribution is 5.81. The summed E-state index contributed by atoms with van der Waals surface area (Å²) in [5.41, 5.74) is 0.0630. The van der Waals surface area contributed by atoms with Crippen molar-refractivity contribution in [3.8, 4) is 0 Å². The van der Waals surface area contributed by atoms with Crippen LogP contribution in [0, 0.1) is 10.8 Å². The molecular weight excluding hydrogens is 304 g/mol. The number of hydrogen-bond donors (Lipinski definition) is 2. The molecule has 2 N–H and O–H groups in total. The molecule has 6 nitrogen and oxygen atoms in total. The Morgan fingerprint density at radius 3 is 2.54 bits per heavy atom. The molecule has 1 spiro atoms. The number of aliphatic imine (C=N–C) groups is 1. The Labute approximate surface area is 146 Å². The molecule has 0 aromatic carbocycles. The lowest BCUT2D eigenvalue weighted by Crippen LogP contribution is -2.43. The zero-order valence-electron chi connectivity index (χ0n) is 15.8. The first-order chi connectivity index (χ1) is 11.4. The van der Waals surface area contributed by atoms with Crippen LogP contribution < -0.4 is 10.6 Å². The van der Waals surface area contributed by atoms with Crippen molar-refractivity contribution in [2.75, 3.05) is 45.9 Å². The number of carbonyl (C=O) groups is 1. The van der Waals surface area contributed by atoms with Crippen molar-refractivity contribution in [2.45, 2.75) is 47.0 Å². The second-order valence-electron chi connectivity index (χ2n) is 8.03. The van der Waals surface area contributed by atoms with Crippen molar-refractivity contribution in [1.82, 2.24) is 15.5 Å². The van der Waals surface area contributed by atoms with Gasteiger partial charge in [-0.1, -0.05) is 20.8 Å². The summed E-state index contributed by atoms with van der Waals surface area (Å²) in [6.07, 6.45) is 3.54. The van der Waals surface area contributed by atoms with Crippen molar-refractivity contribution >= 4 is 11.9 Å². The SMILES string of the molecule is CCNC(=NCCNC(=O)C(C)(C)C)N1CCC2(CCOCC2)C1. The van der Waals surface area contributed by atoms with Gasteiger partial charge >= 0.3 is 0 Å². The molecule has 0 aromatic rings. The third kappa shape index (κ3) is 5.10. The fourth-order valence-corrected chi connectivity index (χ4v) is 3.35. The summed E-state index contributed by atoms with van der Waals surface area (Å²) in [4.78, 5) is 19.0. The molecule has 0 radical (unpaired) electrons. The zero-order chi connectivity index (χ0) is 17.6. The van der Waals surface area contributed by atoms with Gasteiger partial charge in [0.15, 0.2) is 5.96 Å². The molecule has 0 unspecified atom stereocenters. The van der Waals surface area contributed by atoms with Gasteiger partial charge in [0.05, 0.1) is 6.54 Å². The van der Waals surface area contributed by atoms with Crippen LogP contribution in [0.3, 0.4) is 0 Å². The average molecular weight is 338 g/mol. The Kier molecular flexibility index (Phi) is 6.49. The maximum absolute atomic E-state index is 11.9. The Bertz CT molecular complexity index is 450. The first kappa shape index (κ1) is 19.0. The number of carbonyl (C=O) groups excluding carboxylic acids is 1. The average Bonchev–Trinajstić information content (AvgIpc) is 2.93. The smallest absolute Gasteiger partial charge is 0.225 e. The highest BCUT2D eigenvalue weighted by atomic mass is 16.5. The molecule has 0 saturated carbocycles. The van der Waals surface area contributed by atoms with Gasteiger partial charge in [-0.25, -0.2) is 0 Å². The number of nitrogens with one attached hydrogen (secondary N) is 2. The molecule has 2 aliphatic rings. The second kappa shape index (κ2) is 8.19. The summed E-state index contributed by atoms with van der Waals surface area (Å²) < 4.78 is 5.52. The molecule has 6 heteroatoms. The lowest BCUT2D eigenvalue weighted by atomic mass is 9.80. The molecular formula is C18H34N4O2. The van der Waals surface area contributed by atoms with Crippen LogP contribution in [-0.4, -0.2) is 62.7 Å². The molecule has 24 heavy (non-hydrogen) atoms. The van der Waals surface area contributed by atoms with Crippen LogP contribution in [0.2, 0.25) is 0 Å². The van der Waals surface area contributed by atoms with Crippen LogP contribution in [-0.2, 0) is 9.53 Å². The van der Waals surface area contributed by atoms with E-state index in [4.69, 9.17) is 9.73 Å². The van der Waals surface area contributed by atoms with Crippen molar-refractivity contribution in [3.63, 3.8) is 0 Å². The van der Waals surface area contributed by atoms with Gasteiger partial charge < -0.3 is 20.3 Å². The summed E-state index contributed by atoms with van der Waals surface area (Å²) in [5.74, 6) is 1.05. The van der Waals surface area contributed by atoms with Crippen molar-refractivity contribution in [1.29, 1.82) is 0 Å². The minimum Gasteiger partial charge on any atom is -0.381 e. The number of rotatable bonds is 4. The minimum absolute atomic E-state index is 0.0741. The van der Waals surface area contributed by atoms with Crippen LogP contribution in [0.4, 0.5) is 0 Å². The fraction of sp³-hybridized carbons (Fsp3) is 0.889. The minimum atomic E-state index is -0.349. The van der Waals surface area contributed by atoms with Gasteiger partial charge in [-0.05, 0) is 31.6 Å². The largest absolute Gasteiger partial charge is 0.381 e. The molecule has 0 bridgehead atoms. The number of amides is 1. The molecule has 2 fully saturated rings. The maximum Gasteiger partial charge on any atom is 0.225 e. The third-order valence-corrected chi connectivity index (χ3v) is 4.97. The van der Waals surface area contributed by atoms with Gasteiger partial charge in [0.2, 0.25) is 5.91 Å². The standard InChI is InChI=1S/C18H34N4O2/c1-5-19-16(21-10-9-20-15(23)17(2,3)4)22-11-6-18(14-22)7-12-24-13-8-18/h5-14H2,1-4H3,(H,19,21)(H,20,23). The van der Waals surface area contributed by atoms with Gasteiger partial charge in [-0.2, -0.15) is 0 Å². The highest BCUT2D eigenvalue weighted by Gasteiger charge is 2.40. The lowest BCUT2D eigenvalue weighted by molar-refractivity contribution is -0.128. The van der Waals surface area contributed by atoms with E-state index >= 15 is 0 Å². The van der Waals surface area contributed by atoms with E-state index < -0.39 is 0 Å². The summed E-state index contributed by atoms with van der Waals surface area (Å²) in [6, 6.07) is 0. The van der Waals surface area contributed by atoms with Crippen molar-refractivity contribution in [3.05, 3.63) is 0 Å². The van der Waals surface area contributed by atoms with Crippen molar-refractivity contribution < 1.29 is 9.53 Å². The highest BCUT2D eigenvalue weighted by Crippen LogP contribution is 2.39. The van der Waals surface area contributed by atoms with E-state index in [9.17, 15) is 4.79 Å². The molecule has 2 heterocycles. The Balaban J connectivity index is 1.86. The number of hydrogen-bond acceptors (Lipinski definition) is 3. The van der Waals surface area contributed by atoms with E-state index in [1.807, 2.05) is 20.8 Å². The van der Waals surface area contributed by atoms with Crippen LogP contribution >= 0.6 is 0 Å². The summed E-state index contributed by atoms with van der Waals surface area (Å²) in [6.45, 7) is 13.8. The van der Waals surface area contributed by atoms with Gasteiger partial charge in [-0.3, -0.25) is 9.79 Å². The predicted molar refractivity (Wildman–Crippen MR) is 97.1 cm³/mol. The van der Waals surface area contributed by atoms with E-state index in [1.54, 1.807) is 0 Å². The normalized spacial score (nSPS) is 21.2. The summed E-state index contributed by atoms with van der Waals surface area (Å²) >= 11 is 0. The van der Waals surface area contributed by atoms with E-state index in [0.29, 0.717) is 18.5 Å². The molecule has 2 saturated heterocycles. The summed E-state index contributed by atoms with van der Waals surface area (Å²) in [7, 11) is 0. The van der Waals surface area contributed by atoms with E-state index in [1.165, 1.54) is 6.42 Å². The number of guanidine groups is 1. The van der Waals surface area contributed by atoms with Gasteiger partial charge in [-0.15, -0.1) is 0 Å². The zero-order valence-corrected chi connectivity index (χ0v) is 15.8. The predicted octanol–water partition coefficient (Wildman–Crippen LogP) is 1.62. The molecule has 1 amide bonds. The second-order valence-corrected chi connectivity index (χ2v) is 8.03. The van der Waals surface area contributed by atoms with E-state index in [0.717, 1.165) is 51.6 Å². The van der Waals surface area contributed by atoms with Crippen LogP contribution in [0.5, 0.6) is 0 Å². The Morgan fingerprint density at radius 1 is 1.21 bits per heavy atom. The molecule has 0 aromatic heterocycles. The van der Waals surface area contributed by atoms with Crippen LogP contribution in [0.1, 0.15) is 47.0 Å². The molecule has 2 rings (SSSR count). The quantitative estimate of drug-likeness (QED) is 0.464. The van der Waals surface area contributed by atoms with Gasteiger partial charge in [0, 0.05) is 44.8 Å². The number of ether oxygens (including phenoxy) is 1. The first-order valence-corrected chi connectivity index (χ1v) is 9.26. The van der Waals surface area contributed by atoms with E-state index in [2.05, 4.69) is 22.5 Å². The fourth-order valence-electron chi connectivity index (χ4n) is 3.35. The van der Waals surface area contributed by atoms with Crippen LogP contribution in [0.15, 0.2) is 4.99 Å². The Hall–Kier alpha value is -1.30. The molecule has 138 valence electrons. The first-order valence-electron chi connectivity index (χ1n) is 9.26. The molecule has 0 aliphatic carbocycles. The number of likely N-dealkylation sites (tertiary alicyclic amines) is 1. The van der Waals surface area contributed by atoms with Gasteiger partial charge in [0.25, 0.3) is 0 Å². The molecule has 2 aliphatic heterocycles.